The molecule has 0 saturated heterocycles. The summed E-state index contributed by atoms with van der Waals surface area (Å²) in [6.45, 7) is 10.2. The van der Waals surface area contributed by atoms with Crippen molar-refractivity contribution in [3.63, 3.8) is 0 Å². The van der Waals surface area contributed by atoms with E-state index in [1.165, 1.54) is 11.1 Å². The molecule has 3 rings (SSSR count). The summed E-state index contributed by atoms with van der Waals surface area (Å²) in [6.07, 6.45) is 5.82. The van der Waals surface area contributed by atoms with Crippen LogP contribution >= 0.6 is 15.9 Å². The highest BCUT2D eigenvalue weighted by Gasteiger charge is 2.46. The van der Waals surface area contributed by atoms with Crippen molar-refractivity contribution in [3.05, 3.63) is 33.8 Å². The van der Waals surface area contributed by atoms with E-state index in [-0.39, 0.29) is 16.3 Å². The molecule has 0 heterocycles. The fourth-order valence-electron chi connectivity index (χ4n) is 4.10. The Morgan fingerprint density at radius 2 is 1.92 bits per heavy atom. The van der Waals surface area contributed by atoms with E-state index in [1.54, 1.807) is 0 Å². The summed E-state index contributed by atoms with van der Waals surface area (Å²) in [7, 11) is -1.25. The van der Waals surface area contributed by atoms with Gasteiger partial charge >= 0.3 is 0 Å². The first-order valence-electron chi connectivity index (χ1n) is 9.56. The Morgan fingerprint density at radius 1 is 1.27 bits per heavy atom. The molecule has 1 atom stereocenters. The summed E-state index contributed by atoms with van der Waals surface area (Å²) in [4.78, 5) is 0. The molecule has 0 amide bonds. The lowest BCUT2D eigenvalue weighted by molar-refractivity contribution is -0.0250. The van der Waals surface area contributed by atoms with Gasteiger partial charge in [0.05, 0.1) is 22.7 Å². The lowest BCUT2D eigenvalue weighted by Crippen LogP contribution is -2.37. The summed E-state index contributed by atoms with van der Waals surface area (Å²) >= 11 is 3.60. The molecular formula is C21H30BrNO2S. The molecule has 1 spiro atoms. The van der Waals surface area contributed by atoms with Crippen molar-refractivity contribution in [1.82, 2.24) is 0 Å². The van der Waals surface area contributed by atoms with E-state index >= 15 is 0 Å². The molecule has 3 nitrogen and oxygen atoms in total. The molecule has 1 saturated carbocycles. The molecule has 2 aliphatic carbocycles. The van der Waals surface area contributed by atoms with E-state index < -0.39 is 11.0 Å². The minimum atomic E-state index is -1.25. The Morgan fingerprint density at radius 3 is 2.50 bits per heavy atom. The van der Waals surface area contributed by atoms with Crippen LogP contribution < -0.4 is 0 Å². The second-order valence-corrected chi connectivity index (χ2v) is 11.8. The van der Waals surface area contributed by atoms with Gasteiger partial charge in [-0.3, -0.25) is 0 Å². The molecule has 0 radical (unpaired) electrons. The minimum Gasteiger partial charge on any atom is -0.376 e. The van der Waals surface area contributed by atoms with Crippen LogP contribution in [0.2, 0.25) is 0 Å². The number of rotatable bonds is 3. The van der Waals surface area contributed by atoms with Crippen molar-refractivity contribution < 1.29 is 8.95 Å². The van der Waals surface area contributed by atoms with Crippen LogP contribution in [-0.2, 0) is 22.1 Å². The molecule has 0 aliphatic heterocycles. The molecular weight excluding hydrogens is 410 g/mol. The zero-order valence-corrected chi connectivity index (χ0v) is 18.9. The fourth-order valence-corrected chi connectivity index (χ4v) is 5.19. The average Bonchev–Trinajstić information content (AvgIpc) is 2.82. The molecule has 1 fully saturated rings. The first kappa shape index (κ1) is 20.2. The van der Waals surface area contributed by atoms with Crippen LogP contribution in [0.5, 0.6) is 0 Å². The van der Waals surface area contributed by atoms with E-state index in [0.717, 1.165) is 42.3 Å². The lowest BCUT2D eigenvalue weighted by atomic mass is 9.70. The number of ether oxygens (including phenoxy) is 1. The summed E-state index contributed by atoms with van der Waals surface area (Å²) < 4.78 is 24.4. The van der Waals surface area contributed by atoms with Crippen LogP contribution in [0.3, 0.4) is 0 Å². The van der Waals surface area contributed by atoms with Crippen LogP contribution in [0.25, 0.3) is 0 Å². The Bertz CT molecular complexity index is 728. The largest absolute Gasteiger partial charge is 0.376 e. The Hall–Kier alpha value is -0.520. The number of benzene rings is 1. The molecule has 1 aromatic carbocycles. The van der Waals surface area contributed by atoms with Crippen LogP contribution in [0, 0.1) is 5.41 Å². The van der Waals surface area contributed by atoms with Crippen LogP contribution in [0.15, 0.2) is 27.1 Å². The molecule has 26 heavy (non-hydrogen) atoms. The van der Waals surface area contributed by atoms with Crippen molar-refractivity contribution in [2.45, 2.75) is 83.7 Å². The average molecular weight is 440 g/mol. The first-order chi connectivity index (χ1) is 12.1. The highest BCUT2D eigenvalue weighted by atomic mass is 79.9. The highest BCUT2D eigenvalue weighted by molar-refractivity contribution is 9.10. The third-order valence-electron chi connectivity index (χ3n) is 5.41. The van der Waals surface area contributed by atoms with Gasteiger partial charge in [-0.1, -0.05) is 22.0 Å². The van der Waals surface area contributed by atoms with Crippen LogP contribution in [0.1, 0.15) is 71.4 Å². The van der Waals surface area contributed by atoms with Crippen molar-refractivity contribution in [3.8, 4) is 0 Å². The first-order valence-corrected chi connectivity index (χ1v) is 11.5. The van der Waals surface area contributed by atoms with Gasteiger partial charge in [-0.15, -0.1) is 0 Å². The monoisotopic (exact) mass is 439 g/mol. The van der Waals surface area contributed by atoms with E-state index in [1.807, 2.05) is 20.8 Å². The van der Waals surface area contributed by atoms with Gasteiger partial charge in [0.25, 0.3) is 0 Å². The zero-order valence-electron chi connectivity index (χ0n) is 16.5. The summed E-state index contributed by atoms with van der Waals surface area (Å²) in [5.41, 5.74) is 3.59. The van der Waals surface area contributed by atoms with Gasteiger partial charge in [0.15, 0.2) is 0 Å². The van der Waals surface area contributed by atoms with Gasteiger partial charge < -0.3 is 4.74 Å². The summed E-state index contributed by atoms with van der Waals surface area (Å²) in [5.74, 6) is 0. The standard InChI is InChI=1S/C21H30BrNO2S/c1-14(2)25-17-8-10-21(11-9-17)13-15-6-7-16(22)12-18(15)19(21)23-26(24)20(3,4)5/h6-7,12,14,17H,8-11,13H2,1-5H3. The number of hydrogen-bond acceptors (Lipinski definition) is 2. The predicted molar refractivity (Wildman–Crippen MR) is 113 cm³/mol. The molecule has 5 heteroatoms. The van der Waals surface area contributed by atoms with Crippen molar-refractivity contribution >= 4 is 32.6 Å². The second-order valence-electron chi connectivity index (χ2n) is 8.94. The van der Waals surface area contributed by atoms with E-state index in [9.17, 15) is 4.21 Å². The Balaban J connectivity index is 1.95. The Kier molecular flexibility index (Phi) is 5.82. The maximum absolute atomic E-state index is 12.8. The topological polar surface area (TPSA) is 38.7 Å². The third kappa shape index (κ3) is 4.15. The van der Waals surface area contributed by atoms with Gasteiger partial charge in [0.1, 0.15) is 11.0 Å². The van der Waals surface area contributed by atoms with E-state index in [4.69, 9.17) is 9.13 Å². The summed E-state index contributed by atoms with van der Waals surface area (Å²) in [6, 6.07) is 6.45. The minimum absolute atomic E-state index is 0.0148. The van der Waals surface area contributed by atoms with Gasteiger partial charge in [0.2, 0.25) is 0 Å². The maximum atomic E-state index is 12.8. The van der Waals surface area contributed by atoms with Gasteiger partial charge in [0, 0.05) is 15.5 Å². The molecule has 2 aliphatic rings. The number of nitrogens with zero attached hydrogens (tertiary/aromatic N) is 1. The smallest absolute Gasteiger partial charge is 0.145 e. The SMILES string of the molecule is CC(C)OC1CCC2(CC1)Cc1ccc(Br)cc1C2=NS(=O)C(C)(C)C. The Labute approximate surface area is 168 Å². The van der Waals surface area contributed by atoms with E-state index in [0.29, 0.717) is 6.10 Å². The van der Waals surface area contributed by atoms with Crippen molar-refractivity contribution in [1.29, 1.82) is 0 Å². The second kappa shape index (κ2) is 7.48. The summed E-state index contributed by atoms with van der Waals surface area (Å²) in [5, 5.41) is 0. The van der Waals surface area contributed by atoms with E-state index in [2.05, 4.69) is 48.0 Å². The van der Waals surface area contributed by atoms with Crippen LogP contribution in [-0.4, -0.2) is 26.9 Å². The van der Waals surface area contributed by atoms with Crippen LogP contribution in [0.4, 0.5) is 0 Å². The van der Waals surface area contributed by atoms with Crippen molar-refractivity contribution in [2.75, 3.05) is 0 Å². The van der Waals surface area contributed by atoms with Gasteiger partial charge in [-0.2, -0.15) is 4.40 Å². The van der Waals surface area contributed by atoms with Crippen molar-refractivity contribution in [2.24, 2.45) is 9.81 Å². The molecule has 144 valence electrons. The molecule has 0 bridgehead atoms. The predicted octanol–water partition coefficient (Wildman–Crippen LogP) is 5.61. The third-order valence-corrected chi connectivity index (χ3v) is 7.30. The number of fused-ring (bicyclic) bond motifs is 1. The quantitative estimate of drug-likeness (QED) is 0.613. The lowest BCUT2D eigenvalue weighted by Gasteiger charge is -2.38. The fraction of sp³-hybridized carbons (Fsp3) is 0.667. The molecule has 1 unspecified atom stereocenters. The molecule has 1 aromatic rings. The molecule has 0 N–H and O–H groups in total. The van der Waals surface area contributed by atoms with Gasteiger partial charge in [-0.05, 0) is 84.4 Å². The number of halogens is 1. The highest BCUT2D eigenvalue weighted by Crippen LogP contribution is 2.49. The molecule has 0 aromatic heterocycles. The maximum Gasteiger partial charge on any atom is 0.145 e. The zero-order chi connectivity index (χ0) is 19.1. The normalized spacial score (nSPS) is 28.7. The number of hydrogen-bond donors (Lipinski definition) is 0. The van der Waals surface area contributed by atoms with Gasteiger partial charge in [-0.25, -0.2) is 4.21 Å².